The number of ether oxygens (including phenoxy) is 2. The van der Waals surface area contributed by atoms with Gasteiger partial charge in [0.25, 0.3) is 0 Å². The summed E-state index contributed by atoms with van der Waals surface area (Å²) in [6.07, 6.45) is 0. The van der Waals surface area contributed by atoms with Gasteiger partial charge in [-0.2, -0.15) is 0 Å². The molecule has 0 saturated carbocycles. The molecule has 0 aliphatic carbocycles. The third-order valence-corrected chi connectivity index (χ3v) is 3.69. The number of hydrogen-bond donors (Lipinski definition) is 1. The second-order valence-electron chi connectivity index (χ2n) is 4.03. The van der Waals surface area contributed by atoms with Crippen molar-refractivity contribution < 1.29 is 13.9 Å². The highest BCUT2D eigenvalue weighted by Crippen LogP contribution is 2.28. The van der Waals surface area contributed by atoms with Crippen LogP contribution < -0.4 is 15.2 Å². The number of methoxy groups -OCH3 is 1. The molecule has 0 atom stereocenters. The molecule has 5 heteroatoms. The molecule has 0 heterocycles. The lowest BCUT2D eigenvalue weighted by Crippen LogP contribution is -2.02. The molecule has 2 aromatic rings. The second kappa shape index (κ2) is 7.05. The van der Waals surface area contributed by atoms with Gasteiger partial charge in [-0.3, -0.25) is 0 Å². The number of anilines is 1. The quantitative estimate of drug-likeness (QED) is 0.502. The zero-order valence-corrected chi connectivity index (χ0v) is 12.0. The van der Waals surface area contributed by atoms with E-state index < -0.39 is 0 Å². The van der Waals surface area contributed by atoms with Crippen LogP contribution in [0.1, 0.15) is 0 Å². The van der Waals surface area contributed by atoms with Gasteiger partial charge in [0.15, 0.2) is 11.5 Å². The molecule has 3 nitrogen and oxygen atoms in total. The Kier molecular flexibility index (Phi) is 5.12. The molecular weight excluding hydrogens is 277 g/mol. The average molecular weight is 293 g/mol. The third kappa shape index (κ3) is 3.81. The molecule has 0 bridgehead atoms. The van der Waals surface area contributed by atoms with Crippen molar-refractivity contribution in [2.75, 3.05) is 25.2 Å². The van der Waals surface area contributed by atoms with Gasteiger partial charge in [0.2, 0.25) is 0 Å². The first-order valence-corrected chi connectivity index (χ1v) is 7.13. The summed E-state index contributed by atoms with van der Waals surface area (Å²) in [6.45, 7) is 0.516. The molecule has 0 unspecified atom stereocenters. The summed E-state index contributed by atoms with van der Waals surface area (Å²) in [7, 11) is 1.61. The van der Waals surface area contributed by atoms with Gasteiger partial charge in [-0.05, 0) is 30.3 Å². The maximum atomic E-state index is 12.9. The predicted octanol–water partition coefficient (Wildman–Crippen LogP) is 3.59. The van der Waals surface area contributed by atoms with E-state index in [-0.39, 0.29) is 5.82 Å². The Bertz CT molecular complexity index is 578. The van der Waals surface area contributed by atoms with Crippen LogP contribution in [0.25, 0.3) is 0 Å². The van der Waals surface area contributed by atoms with Crippen molar-refractivity contribution in [3.63, 3.8) is 0 Å². The summed E-state index contributed by atoms with van der Waals surface area (Å²) >= 11 is 1.53. The Hall–Kier alpha value is -1.88. The van der Waals surface area contributed by atoms with Crippen LogP contribution in [0.4, 0.5) is 10.1 Å². The zero-order valence-electron chi connectivity index (χ0n) is 11.1. The van der Waals surface area contributed by atoms with Crippen LogP contribution in [-0.4, -0.2) is 19.5 Å². The predicted molar refractivity (Wildman–Crippen MR) is 80.0 cm³/mol. The number of rotatable bonds is 6. The maximum Gasteiger partial charge on any atom is 0.161 e. The lowest BCUT2D eigenvalue weighted by Gasteiger charge is -2.10. The number of thioether (sulfide) groups is 1. The number of halogens is 1. The molecule has 0 aliphatic heterocycles. The number of hydrogen-bond acceptors (Lipinski definition) is 4. The molecule has 2 N–H and O–H groups in total. The monoisotopic (exact) mass is 293 g/mol. The number of nitrogen functional groups attached to an aromatic ring is 1. The van der Waals surface area contributed by atoms with Crippen LogP contribution in [0.3, 0.4) is 0 Å². The standard InChI is InChI=1S/C15H16FNO2S/c1-18-13-4-2-3-5-14(13)19-8-9-20-15-7-6-11(16)10-12(15)17/h2-7,10H,8-9,17H2,1H3. The molecule has 0 fully saturated rings. The lowest BCUT2D eigenvalue weighted by molar-refractivity contribution is 0.313. The fraction of sp³-hybridized carbons (Fsp3) is 0.200. The van der Waals surface area contributed by atoms with E-state index in [1.165, 1.54) is 23.9 Å². The van der Waals surface area contributed by atoms with E-state index in [1.54, 1.807) is 13.2 Å². The van der Waals surface area contributed by atoms with Crippen LogP contribution in [0.2, 0.25) is 0 Å². The van der Waals surface area contributed by atoms with Gasteiger partial charge in [-0.15, -0.1) is 11.8 Å². The Morgan fingerprint density at radius 1 is 1.15 bits per heavy atom. The van der Waals surface area contributed by atoms with Gasteiger partial charge >= 0.3 is 0 Å². The Morgan fingerprint density at radius 3 is 2.60 bits per heavy atom. The molecule has 0 spiro atoms. The van der Waals surface area contributed by atoms with Crippen molar-refractivity contribution in [1.29, 1.82) is 0 Å². The smallest absolute Gasteiger partial charge is 0.161 e. The fourth-order valence-electron chi connectivity index (χ4n) is 1.69. The van der Waals surface area contributed by atoms with E-state index in [2.05, 4.69) is 0 Å². The van der Waals surface area contributed by atoms with Crippen LogP contribution >= 0.6 is 11.8 Å². The van der Waals surface area contributed by atoms with Gasteiger partial charge in [0, 0.05) is 16.3 Å². The molecule has 0 aromatic heterocycles. The van der Waals surface area contributed by atoms with Crippen LogP contribution in [-0.2, 0) is 0 Å². The van der Waals surface area contributed by atoms with Crippen molar-refractivity contribution >= 4 is 17.4 Å². The van der Waals surface area contributed by atoms with E-state index >= 15 is 0 Å². The molecule has 0 aliphatic rings. The third-order valence-electron chi connectivity index (χ3n) is 2.64. The summed E-state index contributed by atoms with van der Waals surface area (Å²) in [6, 6.07) is 11.9. The SMILES string of the molecule is COc1ccccc1OCCSc1ccc(F)cc1N. The van der Waals surface area contributed by atoms with Gasteiger partial charge in [0.1, 0.15) is 5.82 Å². The first-order chi connectivity index (χ1) is 9.70. The number of para-hydroxylation sites is 2. The summed E-state index contributed by atoms with van der Waals surface area (Å²) in [5, 5.41) is 0. The highest BCUT2D eigenvalue weighted by molar-refractivity contribution is 7.99. The topological polar surface area (TPSA) is 44.5 Å². The van der Waals surface area contributed by atoms with Crippen LogP contribution in [0, 0.1) is 5.82 Å². The van der Waals surface area contributed by atoms with E-state index in [4.69, 9.17) is 15.2 Å². The molecule has 0 radical (unpaired) electrons. The minimum absolute atomic E-state index is 0.322. The summed E-state index contributed by atoms with van der Waals surface area (Å²) in [4.78, 5) is 0.857. The molecule has 0 amide bonds. The van der Waals surface area contributed by atoms with Crippen molar-refractivity contribution in [2.45, 2.75) is 4.90 Å². The van der Waals surface area contributed by atoms with Crippen molar-refractivity contribution in [1.82, 2.24) is 0 Å². The summed E-state index contributed by atoms with van der Waals surface area (Å²) in [5.74, 6) is 1.81. The number of nitrogens with two attached hydrogens (primary N) is 1. The van der Waals surface area contributed by atoms with Crippen LogP contribution in [0.15, 0.2) is 47.4 Å². The van der Waals surface area contributed by atoms with Gasteiger partial charge in [-0.1, -0.05) is 12.1 Å². The van der Waals surface area contributed by atoms with E-state index in [9.17, 15) is 4.39 Å². The Labute approximate surface area is 121 Å². The largest absolute Gasteiger partial charge is 0.493 e. The van der Waals surface area contributed by atoms with Gasteiger partial charge in [0.05, 0.1) is 13.7 Å². The van der Waals surface area contributed by atoms with Crippen molar-refractivity contribution in [3.8, 4) is 11.5 Å². The maximum absolute atomic E-state index is 12.9. The summed E-state index contributed by atoms with van der Waals surface area (Å²) in [5.41, 5.74) is 6.19. The van der Waals surface area contributed by atoms with Gasteiger partial charge < -0.3 is 15.2 Å². The molecule has 2 aromatic carbocycles. The van der Waals surface area contributed by atoms with E-state index in [1.807, 2.05) is 24.3 Å². The minimum atomic E-state index is -0.322. The van der Waals surface area contributed by atoms with Crippen LogP contribution in [0.5, 0.6) is 11.5 Å². The normalized spacial score (nSPS) is 10.3. The zero-order chi connectivity index (χ0) is 14.4. The highest BCUT2D eigenvalue weighted by atomic mass is 32.2. The first kappa shape index (κ1) is 14.5. The minimum Gasteiger partial charge on any atom is -0.493 e. The lowest BCUT2D eigenvalue weighted by atomic mass is 10.3. The molecular formula is C15H16FNO2S. The van der Waals surface area contributed by atoms with E-state index in [0.717, 1.165) is 4.90 Å². The Morgan fingerprint density at radius 2 is 1.90 bits per heavy atom. The van der Waals surface area contributed by atoms with E-state index in [0.29, 0.717) is 29.5 Å². The molecule has 106 valence electrons. The van der Waals surface area contributed by atoms with Crippen molar-refractivity contribution in [2.24, 2.45) is 0 Å². The second-order valence-corrected chi connectivity index (χ2v) is 5.17. The van der Waals surface area contributed by atoms with Crippen molar-refractivity contribution in [3.05, 3.63) is 48.3 Å². The molecule has 2 rings (SSSR count). The first-order valence-electron chi connectivity index (χ1n) is 6.14. The molecule has 0 saturated heterocycles. The average Bonchev–Trinajstić information content (AvgIpc) is 2.46. The van der Waals surface area contributed by atoms with Gasteiger partial charge in [-0.25, -0.2) is 4.39 Å². The summed E-state index contributed by atoms with van der Waals surface area (Å²) < 4.78 is 23.8. The highest BCUT2D eigenvalue weighted by Gasteiger charge is 2.04. The fourth-order valence-corrected chi connectivity index (χ4v) is 2.47. The Balaban J connectivity index is 1.84. The molecule has 20 heavy (non-hydrogen) atoms. The number of benzene rings is 2.